The highest BCUT2D eigenvalue weighted by Gasteiger charge is 2.22. The van der Waals surface area contributed by atoms with Crippen LogP contribution in [0, 0.1) is 0 Å². The first-order valence-corrected chi connectivity index (χ1v) is 26.3. The van der Waals surface area contributed by atoms with Crippen LogP contribution in [-0.4, -0.2) is 94.6 Å². The molecule has 0 saturated carbocycles. The predicted molar refractivity (Wildman–Crippen MR) is 301 cm³/mol. The highest BCUT2D eigenvalue weighted by Crippen LogP contribution is 2.39. The molecular formula is C62H46N8O11. The van der Waals surface area contributed by atoms with Crippen LogP contribution >= 0.6 is 0 Å². The summed E-state index contributed by atoms with van der Waals surface area (Å²) in [6.45, 7) is 2.34. The summed E-state index contributed by atoms with van der Waals surface area (Å²) >= 11 is 0. The fraction of sp³-hybridized carbons (Fsp3) is 0.161. The lowest BCUT2D eigenvalue weighted by Crippen LogP contribution is -2.17. The Hall–Kier alpha value is -10.1. The van der Waals surface area contributed by atoms with Gasteiger partial charge in [-0.1, -0.05) is 109 Å². The number of fused-ring (bicyclic) bond motifs is 6. The van der Waals surface area contributed by atoms with Crippen molar-refractivity contribution in [1.82, 2.24) is 29.9 Å². The van der Waals surface area contributed by atoms with E-state index in [-0.39, 0.29) is 110 Å². The highest BCUT2D eigenvalue weighted by molar-refractivity contribution is 6.24. The monoisotopic (exact) mass is 1080 g/mol. The molecule has 12 aromatic rings. The van der Waals surface area contributed by atoms with E-state index in [1.54, 1.807) is 0 Å². The first kappa shape index (κ1) is 49.2. The molecule has 0 fully saturated rings. The van der Waals surface area contributed by atoms with Gasteiger partial charge in [0.05, 0.1) is 50.8 Å². The fourth-order valence-electron chi connectivity index (χ4n) is 10.4. The van der Waals surface area contributed by atoms with Crippen molar-refractivity contribution in [3.8, 4) is 47.0 Å². The van der Waals surface area contributed by atoms with Gasteiger partial charge >= 0.3 is 36.0 Å². The maximum Gasteiger partial charge on any atom is 0.338 e. The Labute approximate surface area is 460 Å². The second-order valence-corrected chi connectivity index (χ2v) is 19.2. The fourth-order valence-corrected chi connectivity index (χ4v) is 10.4. The third-order valence-electron chi connectivity index (χ3n) is 14.0. The Balaban J connectivity index is 0.813. The average Bonchev–Trinajstić information content (AvgIpc) is 3.61. The number of carbonyl (C=O) groups excluding carboxylic acids is 2. The smallest absolute Gasteiger partial charge is 0.338 e. The van der Waals surface area contributed by atoms with Crippen molar-refractivity contribution in [2.24, 2.45) is 0 Å². The van der Waals surface area contributed by atoms with Crippen LogP contribution in [0.25, 0.3) is 64.6 Å². The highest BCUT2D eigenvalue weighted by atomic mass is 16.6. The number of nitrogens with zero attached hydrogens (tertiary/aromatic N) is 6. The quantitative estimate of drug-likeness (QED) is 0.117. The molecule has 4 heterocycles. The largest absolute Gasteiger partial charge is 0.457 e. The zero-order valence-electron chi connectivity index (χ0n) is 43.1. The molecule has 0 saturated heterocycles. The van der Waals surface area contributed by atoms with Gasteiger partial charge in [-0.3, -0.25) is 0 Å². The van der Waals surface area contributed by atoms with Crippen molar-refractivity contribution in [2.45, 2.75) is 13.2 Å². The van der Waals surface area contributed by atoms with E-state index in [9.17, 15) is 9.59 Å². The van der Waals surface area contributed by atoms with Crippen molar-refractivity contribution in [1.29, 1.82) is 0 Å². The minimum absolute atomic E-state index is 0.0397. The van der Waals surface area contributed by atoms with E-state index in [2.05, 4.69) is 113 Å². The van der Waals surface area contributed by atoms with Gasteiger partial charge in [0.15, 0.2) is 0 Å². The number of carbonyl (C=O) groups is 2. The molecule has 19 heteroatoms. The van der Waals surface area contributed by atoms with Crippen LogP contribution in [0.1, 0.15) is 31.8 Å². The average molecular weight is 1080 g/mol. The van der Waals surface area contributed by atoms with Crippen molar-refractivity contribution in [3.63, 3.8) is 0 Å². The standard InChI is InChI=1S/C62H46N8O11/c71-55(76-33-41-13-11-39-9-7-35-3-1-5-37-15-17-49(41)53(39)51(35)37)43-27-45-31-46(28-43)79-60-66-58-64-20-22-74-24-26-75-25-23-73-21-19-63-57-65-59(78-45)69-61(67-57)80-47-29-44(30-48(32-47)81-62(68-58)70-60)56(72)77-34-42-14-12-40-10-8-36-4-2-6-38-16-18-50(42)54(40)52(36)38/h1-18,27-32H,19-26,33-34H2,(H,63,65,67,69)(H,64,66,68,70). The summed E-state index contributed by atoms with van der Waals surface area (Å²) < 4.78 is 54.8. The molecule has 0 unspecified atom stereocenters. The SMILES string of the molecule is O=C(OCc1ccc2ccc3cccc4ccc1c2c34)c1cc2cc(c1)Oc1nc3nc(n1)Oc1cc(cc(C(=O)OCc4ccc5ccc6cccc7ccc4c5c67)c1)Oc1nc(nc(n1)O2)NCCOCCOCCOCCN3. The van der Waals surface area contributed by atoms with Gasteiger partial charge in [0.1, 0.15) is 36.2 Å². The molecule has 2 aromatic heterocycles. The first-order chi connectivity index (χ1) is 39.9. The Bertz CT molecular complexity index is 4000. The van der Waals surface area contributed by atoms with Crippen LogP contribution in [0.5, 0.6) is 47.0 Å². The molecule has 81 heavy (non-hydrogen) atoms. The minimum Gasteiger partial charge on any atom is -0.457 e. The van der Waals surface area contributed by atoms with E-state index in [1.165, 1.54) is 36.4 Å². The molecule has 10 bridgehead atoms. The van der Waals surface area contributed by atoms with Gasteiger partial charge in [-0.15, -0.1) is 9.97 Å². The lowest BCUT2D eigenvalue weighted by molar-refractivity contribution is 0.0183. The number of anilines is 2. The van der Waals surface area contributed by atoms with E-state index >= 15 is 0 Å². The molecular weight excluding hydrogens is 1030 g/mol. The first-order valence-electron chi connectivity index (χ1n) is 26.3. The van der Waals surface area contributed by atoms with Gasteiger partial charge in [-0.05, 0) is 100 Å². The lowest BCUT2D eigenvalue weighted by atomic mass is 9.92. The Morgan fingerprint density at radius 3 is 1.10 bits per heavy atom. The number of hydrogen-bond acceptors (Lipinski definition) is 19. The second-order valence-electron chi connectivity index (χ2n) is 19.2. The van der Waals surface area contributed by atoms with Crippen molar-refractivity contribution < 1.29 is 52.2 Å². The summed E-state index contributed by atoms with van der Waals surface area (Å²) in [7, 11) is 0. The van der Waals surface area contributed by atoms with E-state index in [4.69, 9.17) is 42.6 Å². The summed E-state index contributed by atoms with van der Waals surface area (Å²) in [5, 5.41) is 19.4. The Morgan fingerprint density at radius 2 is 0.716 bits per heavy atom. The summed E-state index contributed by atoms with van der Waals surface area (Å²) in [6.07, 6.45) is 0. The van der Waals surface area contributed by atoms with Gasteiger partial charge in [0, 0.05) is 25.2 Å². The summed E-state index contributed by atoms with van der Waals surface area (Å²) in [5.74, 6) is -1.01. The van der Waals surface area contributed by atoms with Crippen LogP contribution < -0.4 is 29.6 Å². The molecule has 0 spiro atoms. The third-order valence-corrected chi connectivity index (χ3v) is 14.0. The number of esters is 2. The van der Waals surface area contributed by atoms with Gasteiger partial charge in [-0.25, -0.2) is 9.59 Å². The number of aromatic nitrogens is 6. The molecule has 2 aliphatic heterocycles. The van der Waals surface area contributed by atoms with E-state index in [0.29, 0.717) is 26.4 Å². The Kier molecular flexibility index (Phi) is 12.9. The van der Waals surface area contributed by atoms with E-state index < -0.39 is 11.9 Å². The van der Waals surface area contributed by atoms with Gasteiger partial charge in [0.25, 0.3) is 0 Å². The number of nitrogens with one attached hydrogen (secondary N) is 2. The molecule has 14 rings (SSSR count). The maximum atomic E-state index is 14.3. The molecule has 0 atom stereocenters. The van der Waals surface area contributed by atoms with Gasteiger partial charge in [-0.2, -0.15) is 19.9 Å². The molecule has 2 N–H and O–H groups in total. The van der Waals surface area contributed by atoms with Crippen LogP contribution in [-0.2, 0) is 36.9 Å². The Morgan fingerprint density at radius 1 is 0.383 bits per heavy atom. The maximum absolute atomic E-state index is 14.3. The summed E-state index contributed by atoms with van der Waals surface area (Å²) in [4.78, 5) is 55.8. The zero-order chi connectivity index (χ0) is 54.2. The third kappa shape index (κ3) is 10.2. The van der Waals surface area contributed by atoms with E-state index in [0.717, 1.165) is 75.8 Å². The molecule has 10 aromatic carbocycles. The van der Waals surface area contributed by atoms with Crippen LogP contribution in [0.15, 0.2) is 146 Å². The zero-order valence-corrected chi connectivity index (χ0v) is 43.1. The number of ether oxygens (including phenoxy) is 9. The molecule has 0 amide bonds. The normalized spacial score (nSPS) is 14.2. The number of rotatable bonds is 6. The lowest BCUT2D eigenvalue weighted by Gasteiger charge is -2.16. The summed E-state index contributed by atoms with van der Waals surface area (Å²) in [6, 6.07) is 45.1. The van der Waals surface area contributed by atoms with Crippen molar-refractivity contribution >= 4 is 88.5 Å². The number of benzene rings is 10. The summed E-state index contributed by atoms with van der Waals surface area (Å²) in [5.41, 5.74) is 1.76. The topological polar surface area (TPSA) is 219 Å². The molecule has 2 aliphatic rings. The second kappa shape index (κ2) is 21.3. The predicted octanol–water partition coefficient (Wildman–Crippen LogP) is 11.9. The molecule has 19 nitrogen and oxygen atoms in total. The molecule has 0 radical (unpaired) electrons. The van der Waals surface area contributed by atoms with Crippen molar-refractivity contribution in [3.05, 3.63) is 168 Å². The van der Waals surface area contributed by atoms with Gasteiger partial charge in [0.2, 0.25) is 11.9 Å². The van der Waals surface area contributed by atoms with Crippen molar-refractivity contribution in [2.75, 3.05) is 63.4 Å². The molecule has 0 aliphatic carbocycles. The minimum atomic E-state index is -0.684. The van der Waals surface area contributed by atoms with Gasteiger partial charge < -0.3 is 53.3 Å². The van der Waals surface area contributed by atoms with E-state index in [1.807, 2.05) is 36.4 Å². The molecule has 400 valence electrons. The van der Waals surface area contributed by atoms with Crippen LogP contribution in [0.4, 0.5) is 11.9 Å². The van der Waals surface area contributed by atoms with Crippen LogP contribution in [0.2, 0.25) is 0 Å². The van der Waals surface area contributed by atoms with Crippen LogP contribution in [0.3, 0.4) is 0 Å². The number of hydrogen-bond donors (Lipinski definition) is 2.